The molecule has 1 atom stereocenters. The number of benzene rings is 2. The van der Waals surface area contributed by atoms with Crippen molar-refractivity contribution < 1.29 is 4.79 Å². The molecule has 0 unspecified atom stereocenters. The van der Waals surface area contributed by atoms with Crippen LogP contribution < -0.4 is 5.32 Å². The van der Waals surface area contributed by atoms with Gasteiger partial charge in [0.05, 0.1) is 12.6 Å². The highest BCUT2D eigenvalue weighted by Crippen LogP contribution is 2.31. The van der Waals surface area contributed by atoms with E-state index in [0.29, 0.717) is 18.1 Å². The summed E-state index contributed by atoms with van der Waals surface area (Å²) in [4.78, 5) is 13.2. The standard InChI is InChI=1S/C23H21N5O/c29-22(24-20-13-12-18-10-4-5-11-19(18)20)21-23(27-14-6-7-15-27)28(26-25-21)16-17-8-2-1-3-9-17/h1-11,14-15,20H,12-13,16H2,(H,24,29)/t20-/m0/s1. The highest BCUT2D eigenvalue weighted by Gasteiger charge is 2.27. The molecule has 0 bridgehead atoms. The predicted octanol–water partition coefficient (Wildman–Crippen LogP) is 3.53. The molecule has 2 aromatic carbocycles. The van der Waals surface area contributed by atoms with E-state index in [2.05, 4.69) is 27.8 Å². The summed E-state index contributed by atoms with van der Waals surface area (Å²) in [6.45, 7) is 0.543. The Balaban J connectivity index is 1.46. The van der Waals surface area contributed by atoms with E-state index in [1.54, 1.807) is 4.68 Å². The average molecular weight is 383 g/mol. The molecule has 1 aliphatic rings. The number of rotatable bonds is 5. The largest absolute Gasteiger partial charge is 0.344 e. The summed E-state index contributed by atoms with van der Waals surface area (Å²) >= 11 is 0. The lowest BCUT2D eigenvalue weighted by Crippen LogP contribution is -2.28. The Kier molecular flexibility index (Phi) is 4.44. The Labute approximate surface area is 168 Å². The monoisotopic (exact) mass is 383 g/mol. The van der Waals surface area contributed by atoms with Crippen LogP contribution in [0.2, 0.25) is 0 Å². The minimum absolute atomic E-state index is 0.00971. The van der Waals surface area contributed by atoms with Gasteiger partial charge < -0.3 is 9.88 Å². The number of carbonyl (C=O) groups excluding carboxylic acids is 1. The van der Waals surface area contributed by atoms with Crippen LogP contribution in [-0.2, 0) is 13.0 Å². The third kappa shape index (κ3) is 3.33. The molecule has 144 valence electrons. The summed E-state index contributed by atoms with van der Waals surface area (Å²) in [7, 11) is 0. The van der Waals surface area contributed by atoms with Crippen LogP contribution in [0.25, 0.3) is 5.82 Å². The van der Waals surface area contributed by atoms with Gasteiger partial charge in [0.1, 0.15) is 0 Å². The lowest BCUT2D eigenvalue weighted by atomic mass is 10.1. The molecule has 4 aromatic rings. The van der Waals surface area contributed by atoms with Crippen molar-refractivity contribution in [3.8, 4) is 5.82 Å². The molecule has 2 aromatic heterocycles. The molecule has 5 rings (SSSR count). The Bertz CT molecular complexity index is 1130. The number of nitrogens with zero attached hydrogens (tertiary/aromatic N) is 4. The van der Waals surface area contributed by atoms with E-state index in [4.69, 9.17) is 0 Å². The van der Waals surface area contributed by atoms with Crippen LogP contribution in [-0.4, -0.2) is 25.5 Å². The molecule has 0 radical (unpaired) electrons. The van der Waals surface area contributed by atoms with Crippen molar-refractivity contribution in [2.24, 2.45) is 0 Å². The normalized spacial score (nSPS) is 15.2. The Hall–Kier alpha value is -3.67. The molecule has 1 amide bonds. The van der Waals surface area contributed by atoms with Gasteiger partial charge in [-0.05, 0) is 41.7 Å². The van der Waals surface area contributed by atoms with Gasteiger partial charge in [-0.15, -0.1) is 5.10 Å². The van der Waals surface area contributed by atoms with Gasteiger partial charge in [0.15, 0.2) is 11.5 Å². The second-order valence-corrected chi connectivity index (χ2v) is 7.26. The van der Waals surface area contributed by atoms with Gasteiger partial charge >= 0.3 is 0 Å². The summed E-state index contributed by atoms with van der Waals surface area (Å²) in [5.74, 6) is 0.470. The zero-order valence-corrected chi connectivity index (χ0v) is 15.9. The first-order chi connectivity index (χ1) is 14.3. The van der Waals surface area contributed by atoms with Gasteiger partial charge in [-0.25, -0.2) is 4.68 Å². The molecule has 2 heterocycles. The van der Waals surface area contributed by atoms with Crippen molar-refractivity contribution >= 4 is 5.91 Å². The first kappa shape index (κ1) is 17.4. The number of aromatic nitrogens is 4. The number of hydrogen-bond acceptors (Lipinski definition) is 3. The van der Waals surface area contributed by atoms with Crippen LogP contribution in [0.15, 0.2) is 79.1 Å². The van der Waals surface area contributed by atoms with Gasteiger partial charge in [0.25, 0.3) is 5.91 Å². The van der Waals surface area contributed by atoms with Crippen LogP contribution in [0.3, 0.4) is 0 Å². The van der Waals surface area contributed by atoms with Gasteiger partial charge in [-0.3, -0.25) is 4.79 Å². The maximum Gasteiger partial charge on any atom is 0.276 e. The Morgan fingerprint density at radius 1 is 1.00 bits per heavy atom. The van der Waals surface area contributed by atoms with Crippen LogP contribution in [0.4, 0.5) is 0 Å². The molecule has 0 spiro atoms. The van der Waals surface area contributed by atoms with E-state index < -0.39 is 0 Å². The van der Waals surface area contributed by atoms with Gasteiger partial charge in [0.2, 0.25) is 0 Å². The van der Waals surface area contributed by atoms with Crippen LogP contribution in [0, 0.1) is 0 Å². The highest BCUT2D eigenvalue weighted by molar-refractivity contribution is 5.95. The molecule has 0 saturated heterocycles. The van der Waals surface area contributed by atoms with E-state index in [-0.39, 0.29) is 11.9 Å². The van der Waals surface area contributed by atoms with Crippen LogP contribution in [0.1, 0.15) is 39.6 Å². The van der Waals surface area contributed by atoms with Crippen LogP contribution in [0.5, 0.6) is 0 Å². The summed E-state index contributed by atoms with van der Waals surface area (Å²) in [5, 5.41) is 11.7. The SMILES string of the molecule is O=C(N[C@H]1CCc2ccccc21)c1nnn(Cc2ccccc2)c1-n1cccc1. The summed E-state index contributed by atoms with van der Waals surface area (Å²) in [5.41, 5.74) is 3.93. The van der Waals surface area contributed by atoms with E-state index in [0.717, 1.165) is 18.4 Å². The van der Waals surface area contributed by atoms with Gasteiger partial charge in [-0.1, -0.05) is 59.8 Å². The van der Waals surface area contributed by atoms with Crippen molar-refractivity contribution in [1.29, 1.82) is 0 Å². The molecule has 1 N–H and O–H groups in total. The summed E-state index contributed by atoms with van der Waals surface area (Å²) in [6, 6.07) is 22.2. The lowest BCUT2D eigenvalue weighted by Gasteiger charge is -2.14. The molecular weight excluding hydrogens is 362 g/mol. The quantitative estimate of drug-likeness (QED) is 0.573. The predicted molar refractivity (Wildman–Crippen MR) is 110 cm³/mol. The summed E-state index contributed by atoms with van der Waals surface area (Å²) < 4.78 is 3.66. The lowest BCUT2D eigenvalue weighted by molar-refractivity contribution is 0.0931. The fourth-order valence-corrected chi connectivity index (χ4v) is 3.98. The fraction of sp³-hybridized carbons (Fsp3) is 0.174. The van der Waals surface area contributed by atoms with Crippen molar-refractivity contribution in [1.82, 2.24) is 24.9 Å². The number of amides is 1. The van der Waals surface area contributed by atoms with E-state index >= 15 is 0 Å². The van der Waals surface area contributed by atoms with Gasteiger partial charge in [0, 0.05) is 12.4 Å². The zero-order valence-electron chi connectivity index (χ0n) is 15.9. The first-order valence-corrected chi connectivity index (χ1v) is 9.79. The van der Waals surface area contributed by atoms with Crippen LogP contribution >= 0.6 is 0 Å². The van der Waals surface area contributed by atoms with Gasteiger partial charge in [-0.2, -0.15) is 0 Å². The minimum atomic E-state index is -0.199. The van der Waals surface area contributed by atoms with Crippen molar-refractivity contribution in [2.45, 2.75) is 25.4 Å². The molecule has 0 fully saturated rings. The highest BCUT2D eigenvalue weighted by atomic mass is 16.2. The van der Waals surface area contributed by atoms with E-state index in [9.17, 15) is 4.79 Å². The Morgan fingerprint density at radius 3 is 2.59 bits per heavy atom. The fourth-order valence-electron chi connectivity index (χ4n) is 3.98. The number of hydrogen-bond donors (Lipinski definition) is 1. The molecule has 6 heteroatoms. The maximum absolute atomic E-state index is 13.2. The van der Waals surface area contributed by atoms with Crippen molar-refractivity contribution in [3.63, 3.8) is 0 Å². The number of aryl methyl sites for hydroxylation is 1. The smallest absolute Gasteiger partial charge is 0.276 e. The molecular formula is C23H21N5O. The molecule has 1 aliphatic carbocycles. The first-order valence-electron chi connectivity index (χ1n) is 9.79. The average Bonchev–Trinajstić information content (AvgIpc) is 3.49. The number of nitrogens with one attached hydrogen (secondary N) is 1. The third-order valence-electron chi connectivity index (χ3n) is 5.39. The minimum Gasteiger partial charge on any atom is -0.344 e. The zero-order chi connectivity index (χ0) is 19.6. The molecule has 0 saturated carbocycles. The molecule has 0 aliphatic heterocycles. The second-order valence-electron chi connectivity index (χ2n) is 7.26. The number of carbonyl (C=O) groups is 1. The molecule has 6 nitrogen and oxygen atoms in total. The number of fused-ring (bicyclic) bond motifs is 1. The molecule has 29 heavy (non-hydrogen) atoms. The van der Waals surface area contributed by atoms with Crippen molar-refractivity contribution in [2.75, 3.05) is 0 Å². The third-order valence-corrected chi connectivity index (χ3v) is 5.39. The second kappa shape index (κ2) is 7.39. The van der Waals surface area contributed by atoms with Crippen molar-refractivity contribution in [3.05, 3.63) is 102 Å². The van der Waals surface area contributed by atoms with E-state index in [1.165, 1.54) is 11.1 Å². The van der Waals surface area contributed by atoms with E-state index in [1.807, 2.05) is 71.6 Å². The maximum atomic E-state index is 13.2. The Morgan fingerprint density at radius 2 is 1.76 bits per heavy atom. The topological polar surface area (TPSA) is 64.7 Å². The summed E-state index contributed by atoms with van der Waals surface area (Å²) in [6.07, 6.45) is 5.69.